The van der Waals surface area contributed by atoms with Crippen molar-refractivity contribution >= 4 is 17.2 Å². The first-order chi connectivity index (χ1) is 10.0. The highest BCUT2D eigenvalue weighted by Crippen LogP contribution is 2.26. The number of carbonyl (C=O) groups is 1. The van der Waals surface area contributed by atoms with E-state index in [0.29, 0.717) is 0 Å². The van der Waals surface area contributed by atoms with Crippen LogP contribution in [-0.2, 0) is 0 Å². The van der Waals surface area contributed by atoms with Gasteiger partial charge in [-0.1, -0.05) is 26.7 Å². The molecule has 0 aliphatic carbocycles. The lowest BCUT2D eigenvalue weighted by Crippen LogP contribution is -2.25. The van der Waals surface area contributed by atoms with Crippen LogP contribution in [-0.4, -0.2) is 23.8 Å². The summed E-state index contributed by atoms with van der Waals surface area (Å²) in [5.74, 6) is -0.276. The second-order valence-electron chi connectivity index (χ2n) is 5.21. The number of unbranched alkanes of at least 4 members (excludes halogenated alkanes) is 2. The molecule has 0 aliphatic rings. The molecule has 0 amide bonds. The summed E-state index contributed by atoms with van der Waals surface area (Å²) in [5.41, 5.74) is 0.904. The molecule has 0 unspecified atom stereocenters. The third-order valence-electron chi connectivity index (χ3n) is 3.49. The van der Waals surface area contributed by atoms with Gasteiger partial charge in [-0.25, -0.2) is 0 Å². The van der Waals surface area contributed by atoms with Crippen molar-refractivity contribution < 1.29 is 9.72 Å². The van der Waals surface area contributed by atoms with Crippen LogP contribution in [0.2, 0.25) is 0 Å². The molecule has 21 heavy (non-hydrogen) atoms. The zero-order valence-electron chi connectivity index (χ0n) is 13.1. The number of rotatable bonds is 9. The molecule has 0 aromatic heterocycles. The van der Waals surface area contributed by atoms with Crippen molar-refractivity contribution in [3.05, 3.63) is 33.9 Å². The zero-order chi connectivity index (χ0) is 15.8. The van der Waals surface area contributed by atoms with Crippen LogP contribution in [0, 0.1) is 10.1 Å². The van der Waals surface area contributed by atoms with Crippen LogP contribution in [0.3, 0.4) is 0 Å². The highest BCUT2D eigenvalue weighted by atomic mass is 16.6. The minimum absolute atomic E-state index is 0.0991. The lowest BCUT2D eigenvalue weighted by Gasteiger charge is -2.24. The molecule has 0 fully saturated rings. The number of nitro benzene ring substituents is 1. The Hall–Kier alpha value is -1.91. The molecule has 0 aliphatic heterocycles. The number of ketones is 1. The Labute approximate surface area is 126 Å². The van der Waals surface area contributed by atoms with Crippen molar-refractivity contribution in [1.82, 2.24) is 0 Å². The van der Waals surface area contributed by atoms with Crippen LogP contribution in [0.1, 0.15) is 56.8 Å². The number of carbonyl (C=O) groups excluding carboxylic acids is 1. The van der Waals surface area contributed by atoms with E-state index >= 15 is 0 Å². The number of nitro groups is 1. The highest BCUT2D eigenvalue weighted by Gasteiger charge is 2.19. The van der Waals surface area contributed by atoms with E-state index in [1.165, 1.54) is 13.0 Å². The molecule has 0 saturated heterocycles. The van der Waals surface area contributed by atoms with E-state index in [1.54, 1.807) is 6.07 Å². The second-order valence-corrected chi connectivity index (χ2v) is 5.21. The summed E-state index contributed by atoms with van der Waals surface area (Å²) in [6, 6.07) is 4.91. The third kappa shape index (κ3) is 4.85. The van der Waals surface area contributed by atoms with Crippen molar-refractivity contribution in [3.8, 4) is 0 Å². The van der Waals surface area contributed by atoms with Gasteiger partial charge < -0.3 is 4.90 Å². The predicted molar refractivity (Wildman–Crippen MR) is 85.1 cm³/mol. The molecule has 0 atom stereocenters. The molecular formula is C16H24N2O3. The molecular weight excluding hydrogens is 268 g/mol. The number of hydrogen-bond acceptors (Lipinski definition) is 4. The van der Waals surface area contributed by atoms with Gasteiger partial charge in [0.2, 0.25) is 0 Å². The Kier molecular flexibility index (Phi) is 6.85. The number of benzene rings is 1. The average molecular weight is 292 g/mol. The van der Waals surface area contributed by atoms with E-state index in [4.69, 9.17) is 0 Å². The van der Waals surface area contributed by atoms with Crippen LogP contribution in [0.4, 0.5) is 11.4 Å². The van der Waals surface area contributed by atoms with E-state index in [9.17, 15) is 14.9 Å². The second kappa shape index (κ2) is 8.39. The summed E-state index contributed by atoms with van der Waals surface area (Å²) in [4.78, 5) is 24.3. The van der Waals surface area contributed by atoms with Crippen LogP contribution in [0.5, 0.6) is 0 Å². The Morgan fingerprint density at radius 3 is 2.19 bits per heavy atom. The zero-order valence-corrected chi connectivity index (χ0v) is 13.1. The first-order valence-corrected chi connectivity index (χ1v) is 7.55. The largest absolute Gasteiger partial charge is 0.371 e. The van der Waals surface area contributed by atoms with Gasteiger partial charge in [0.1, 0.15) is 0 Å². The fourth-order valence-corrected chi connectivity index (χ4v) is 2.23. The molecule has 1 rings (SSSR count). The van der Waals surface area contributed by atoms with Crippen LogP contribution in [0.25, 0.3) is 0 Å². The fourth-order valence-electron chi connectivity index (χ4n) is 2.23. The van der Waals surface area contributed by atoms with E-state index in [0.717, 1.165) is 44.5 Å². The first-order valence-electron chi connectivity index (χ1n) is 7.55. The molecule has 0 heterocycles. The maximum atomic E-state index is 11.5. The quantitative estimate of drug-likeness (QED) is 0.388. The molecule has 5 heteroatoms. The van der Waals surface area contributed by atoms with E-state index < -0.39 is 4.92 Å². The predicted octanol–water partition coefficient (Wildman–Crippen LogP) is 4.20. The summed E-state index contributed by atoms with van der Waals surface area (Å²) in [6.45, 7) is 7.37. The van der Waals surface area contributed by atoms with Gasteiger partial charge >= 0.3 is 0 Å². The van der Waals surface area contributed by atoms with Crippen molar-refractivity contribution in [1.29, 1.82) is 0 Å². The van der Waals surface area contributed by atoms with Gasteiger partial charge in [0.25, 0.3) is 5.69 Å². The van der Waals surface area contributed by atoms with Crippen molar-refractivity contribution in [3.63, 3.8) is 0 Å². The van der Waals surface area contributed by atoms with Gasteiger partial charge in [0.15, 0.2) is 5.78 Å². The van der Waals surface area contributed by atoms with E-state index in [-0.39, 0.29) is 17.0 Å². The van der Waals surface area contributed by atoms with Gasteiger partial charge in [0, 0.05) is 24.8 Å². The highest BCUT2D eigenvalue weighted by molar-refractivity contribution is 5.98. The number of hydrogen-bond donors (Lipinski definition) is 0. The van der Waals surface area contributed by atoms with E-state index in [2.05, 4.69) is 18.7 Å². The number of nitrogens with zero attached hydrogens (tertiary/aromatic N) is 2. The first kappa shape index (κ1) is 17.1. The molecule has 5 nitrogen and oxygen atoms in total. The lowest BCUT2D eigenvalue weighted by atomic mass is 10.1. The lowest BCUT2D eigenvalue weighted by molar-refractivity contribution is -0.385. The van der Waals surface area contributed by atoms with Gasteiger partial charge in [0.05, 0.1) is 10.5 Å². The third-order valence-corrected chi connectivity index (χ3v) is 3.49. The maximum Gasteiger partial charge on any atom is 0.282 e. The summed E-state index contributed by atoms with van der Waals surface area (Å²) in [5, 5.41) is 11.2. The summed E-state index contributed by atoms with van der Waals surface area (Å²) in [6.07, 6.45) is 4.25. The smallest absolute Gasteiger partial charge is 0.282 e. The normalized spacial score (nSPS) is 10.4. The van der Waals surface area contributed by atoms with Gasteiger partial charge in [-0.15, -0.1) is 0 Å². The van der Waals surface area contributed by atoms with Gasteiger partial charge in [-0.3, -0.25) is 14.9 Å². The standard InChI is InChI=1S/C16H24N2O3/c1-4-6-10-17(11-7-5-2)14-8-9-15(13(3)19)16(12-14)18(20)21/h8-9,12H,4-7,10-11H2,1-3H3. The maximum absolute atomic E-state index is 11.5. The molecule has 0 radical (unpaired) electrons. The molecule has 1 aromatic carbocycles. The Balaban J connectivity index is 3.10. The van der Waals surface area contributed by atoms with E-state index in [1.807, 2.05) is 6.07 Å². The van der Waals surface area contributed by atoms with Crippen molar-refractivity contribution in [2.45, 2.75) is 46.5 Å². The number of Topliss-reactive ketones (excluding diaryl/α,β-unsaturated/α-hetero) is 1. The molecule has 0 N–H and O–H groups in total. The number of anilines is 1. The SMILES string of the molecule is CCCCN(CCCC)c1ccc(C(C)=O)c([N+](=O)[O-])c1. The minimum atomic E-state index is -0.474. The van der Waals surface area contributed by atoms with Crippen molar-refractivity contribution in [2.75, 3.05) is 18.0 Å². The molecule has 0 spiro atoms. The average Bonchev–Trinajstić information content (AvgIpc) is 2.46. The fraction of sp³-hybridized carbons (Fsp3) is 0.562. The summed E-state index contributed by atoms with van der Waals surface area (Å²) in [7, 11) is 0. The molecule has 116 valence electrons. The Morgan fingerprint density at radius 2 is 1.76 bits per heavy atom. The minimum Gasteiger partial charge on any atom is -0.371 e. The summed E-state index contributed by atoms with van der Waals surface area (Å²) < 4.78 is 0. The molecule has 0 saturated carbocycles. The summed E-state index contributed by atoms with van der Waals surface area (Å²) >= 11 is 0. The van der Waals surface area contributed by atoms with Crippen LogP contribution in [0.15, 0.2) is 18.2 Å². The van der Waals surface area contributed by atoms with Gasteiger partial charge in [-0.2, -0.15) is 0 Å². The Bertz CT molecular complexity index is 492. The Morgan fingerprint density at radius 1 is 1.19 bits per heavy atom. The van der Waals surface area contributed by atoms with Gasteiger partial charge in [-0.05, 0) is 31.9 Å². The monoisotopic (exact) mass is 292 g/mol. The molecule has 0 bridgehead atoms. The van der Waals surface area contributed by atoms with Crippen LogP contribution >= 0.6 is 0 Å². The topological polar surface area (TPSA) is 63.5 Å². The molecule has 1 aromatic rings. The van der Waals surface area contributed by atoms with Crippen LogP contribution < -0.4 is 4.90 Å². The van der Waals surface area contributed by atoms with Crippen molar-refractivity contribution in [2.24, 2.45) is 0 Å².